The second-order valence-electron chi connectivity index (χ2n) is 12.8. The molecule has 0 unspecified atom stereocenters. The van der Waals surface area contributed by atoms with Gasteiger partial charge >= 0.3 is 0 Å². The molecule has 0 saturated heterocycles. The third kappa shape index (κ3) is 28.4. The molecule has 0 spiro atoms. The van der Waals surface area contributed by atoms with Crippen LogP contribution in [-0.2, 0) is 0 Å². The molecule has 3 heteroatoms. The second kappa shape index (κ2) is 35.4. The molecular formula is C47H79N3. The number of hydrogen-bond acceptors (Lipinski definition) is 3. The summed E-state index contributed by atoms with van der Waals surface area (Å²) < 4.78 is 0. The van der Waals surface area contributed by atoms with Crippen LogP contribution in [0.1, 0.15) is 142 Å². The lowest BCUT2D eigenvalue weighted by atomic mass is 10.0. The van der Waals surface area contributed by atoms with E-state index in [4.69, 9.17) is 0 Å². The molecular weight excluding hydrogens is 607 g/mol. The van der Waals surface area contributed by atoms with Crippen molar-refractivity contribution in [2.45, 2.75) is 140 Å². The number of hydrogen-bond donors (Lipinski definition) is 2. The number of rotatable bonds is 10. The molecule has 0 heterocycles. The van der Waals surface area contributed by atoms with E-state index in [1.54, 1.807) is 7.05 Å². The first-order valence-corrected chi connectivity index (χ1v) is 19.2. The molecule has 0 aromatic heterocycles. The molecule has 0 atom stereocenters. The number of nitrogens with two attached hydrogens (primary N) is 1. The van der Waals surface area contributed by atoms with Gasteiger partial charge in [0.05, 0.1) is 0 Å². The van der Waals surface area contributed by atoms with Crippen molar-refractivity contribution in [2.75, 3.05) is 19.4 Å². The molecule has 2 aromatic rings. The highest BCUT2D eigenvalue weighted by atomic mass is 14.9. The molecule has 0 radical (unpaired) electrons. The molecule has 1 fully saturated rings. The van der Waals surface area contributed by atoms with Gasteiger partial charge in [0.25, 0.3) is 0 Å². The number of nitrogens with zero attached hydrogens (tertiary/aromatic N) is 1. The topological polar surface area (TPSA) is 50.4 Å². The van der Waals surface area contributed by atoms with Crippen molar-refractivity contribution in [3.05, 3.63) is 119 Å². The van der Waals surface area contributed by atoms with Crippen molar-refractivity contribution in [2.24, 2.45) is 16.6 Å². The summed E-state index contributed by atoms with van der Waals surface area (Å²) in [7, 11) is 3.30. The minimum Gasteiger partial charge on any atom is -0.356 e. The van der Waals surface area contributed by atoms with E-state index in [1.165, 1.54) is 92.7 Å². The Hall–Kier alpha value is -3.43. The Morgan fingerprint density at radius 3 is 1.66 bits per heavy atom. The summed E-state index contributed by atoms with van der Waals surface area (Å²) in [5.74, 6) is 0.892. The predicted molar refractivity (Wildman–Crippen MR) is 234 cm³/mol. The Morgan fingerprint density at radius 2 is 1.32 bits per heavy atom. The van der Waals surface area contributed by atoms with Crippen LogP contribution in [0.5, 0.6) is 0 Å². The Balaban J connectivity index is -0.000000585. The van der Waals surface area contributed by atoms with E-state index in [0.29, 0.717) is 0 Å². The lowest BCUT2D eigenvalue weighted by molar-refractivity contribution is 0.772. The average Bonchev–Trinajstić information content (AvgIpc) is 3.84. The van der Waals surface area contributed by atoms with Gasteiger partial charge in [-0.15, -0.1) is 0 Å². The van der Waals surface area contributed by atoms with Gasteiger partial charge in [-0.25, -0.2) is 0 Å². The molecule has 2 aliphatic rings. The number of unbranched alkanes of at least 4 members (excludes halogenated alkanes) is 4. The van der Waals surface area contributed by atoms with Crippen molar-refractivity contribution >= 4 is 17.5 Å². The second-order valence-corrected chi connectivity index (χ2v) is 12.8. The Labute approximate surface area is 312 Å². The van der Waals surface area contributed by atoms with Gasteiger partial charge in [-0.3, -0.25) is 4.99 Å². The van der Waals surface area contributed by atoms with E-state index >= 15 is 0 Å². The van der Waals surface area contributed by atoms with Gasteiger partial charge in [-0.2, -0.15) is 0 Å². The van der Waals surface area contributed by atoms with Crippen LogP contribution in [0.25, 0.3) is 5.57 Å². The van der Waals surface area contributed by atoms with Crippen LogP contribution in [0.2, 0.25) is 0 Å². The molecule has 3 N–H and O–H groups in total. The van der Waals surface area contributed by atoms with E-state index in [2.05, 4.69) is 165 Å². The smallest absolute Gasteiger partial charge is 0.0419 e. The van der Waals surface area contributed by atoms with E-state index in [1.807, 2.05) is 13.1 Å². The molecule has 50 heavy (non-hydrogen) atoms. The van der Waals surface area contributed by atoms with Gasteiger partial charge in [0.1, 0.15) is 0 Å². The summed E-state index contributed by atoms with van der Waals surface area (Å²) in [6.07, 6.45) is 23.4. The van der Waals surface area contributed by atoms with Gasteiger partial charge in [-0.1, -0.05) is 165 Å². The summed E-state index contributed by atoms with van der Waals surface area (Å²) in [5.41, 5.74) is 15.5. The highest BCUT2D eigenvalue weighted by Crippen LogP contribution is 2.35. The molecule has 2 aromatic carbocycles. The summed E-state index contributed by atoms with van der Waals surface area (Å²) in [6.45, 7) is 31.8. The van der Waals surface area contributed by atoms with Gasteiger partial charge in [0.15, 0.2) is 0 Å². The first-order chi connectivity index (χ1) is 24.0. The normalized spacial score (nSPS) is 12.3. The summed E-state index contributed by atoms with van der Waals surface area (Å²) in [5, 5.41) is 3.40. The molecule has 4 rings (SSSR count). The van der Waals surface area contributed by atoms with Crippen molar-refractivity contribution in [3.8, 4) is 0 Å². The standard InChI is InChI=1S/C17H19N.C8H13N.C8H10.C5H12.2C4H10.CH5N/c1-12(2)16-10-9-13(3)17(11-16)18-14(4)15-7-5-6-8-15;1-7(5-6-9-2)8-3-4-8;1-7-5-3-4-6-8(7)2;1-3-5-4-2;2*1-3-4-2;1-2/h5-7,9-11,18H,1,4,8H2,2-3H3;5-6,8H,3-4H2,1-2H3;3-6H,1-2H3;3-5H2,1-2H3;2*3-4H2,1-2H3;2H2,1H3/b;7-5+,9-6?;;;;;. The molecule has 3 nitrogen and oxygen atoms in total. The fourth-order valence-electron chi connectivity index (χ4n) is 3.82. The minimum absolute atomic E-state index is 0.892. The van der Waals surface area contributed by atoms with Gasteiger partial charge in [0, 0.05) is 24.6 Å². The van der Waals surface area contributed by atoms with Crippen LogP contribution in [0.4, 0.5) is 5.69 Å². The van der Waals surface area contributed by atoms with E-state index in [-0.39, 0.29) is 0 Å². The highest BCUT2D eigenvalue weighted by Gasteiger charge is 2.22. The number of benzene rings is 2. The summed E-state index contributed by atoms with van der Waals surface area (Å²) in [4.78, 5) is 3.88. The Morgan fingerprint density at radius 1 is 0.800 bits per heavy atom. The maximum Gasteiger partial charge on any atom is 0.0419 e. The lowest BCUT2D eigenvalue weighted by Crippen LogP contribution is -2.02. The van der Waals surface area contributed by atoms with E-state index < -0.39 is 0 Å². The molecule has 0 bridgehead atoms. The third-order valence-corrected chi connectivity index (χ3v) is 8.02. The Bertz CT molecular complexity index is 1220. The maximum atomic E-state index is 4.50. The number of aryl methyl sites for hydroxylation is 3. The molecule has 282 valence electrons. The maximum absolute atomic E-state index is 4.50. The third-order valence-electron chi connectivity index (χ3n) is 8.02. The fourth-order valence-corrected chi connectivity index (χ4v) is 3.82. The van der Waals surface area contributed by atoms with Crippen molar-refractivity contribution in [3.63, 3.8) is 0 Å². The van der Waals surface area contributed by atoms with Gasteiger partial charge in [-0.05, 0) is 107 Å². The van der Waals surface area contributed by atoms with Gasteiger partial charge in [0.2, 0.25) is 0 Å². The fraction of sp³-hybridized carbons (Fsp3) is 0.511. The molecule has 0 aliphatic heterocycles. The average molecular weight is 686 g/mol. The zero-order valence-electron chi connectivity index (χ0n) is 35.0. The molecule has 1 saturated carbocycles. The molecule has 0 amide bonds. The predicted octanol–water partition coefficient (Wildman–Crippen LogP) is 14.6. The van der Waals surface area contributed by atoms with Crippen molar-refractivity contribution in [1.29, 1.82) is 0 Å². The lowest BCUT2D eigenvalue weighted by Gasteiger charge is -2.14. The van der Waals surface area contributed by atoms with Crippen LogP contribution in [0.15, 0.2) is 102 Å². The SMILES string of the molecule is C=C(Nc1cc(C(=C)C)ccc1C)C1=CC=CC1.CCCC.CCCC.CCCCC.CN.CN=C/C=C(\C)C1CC1.Cc1ccccc1C. The van der Waals surface area contributed by atoms with Crippen LogP contribution < -0.4 is 11.1 Å². The van der Waals surface area contributed by atoms with E-state index in [0.717, 1.165) is 34.9 Å². The minimum atomic E-state index is 0.892. The van der Waals surface area contributed by atoms with Crippen molar-refractivity contribution < 1.29 is 0 Å². The summed E-state index contributed by atoms with van der Waals surface area (Å²) >= 11 is 0. The van der Waals surface area contributed by atoms with Crippen LogP contribution in [-0.4, -0.2) is 20.3 Å². The van der Waals surface area contributed by atoms with Gasteiger partial charge < -0.3 is 11.1 Å². The zero-order valence-corrected chi connectivity index (χ0v) is 35.0. The van der Waals surface area contributed by atoms with Crippen LogP contribution in [0, 0.1) is 26.7 Å². The Kier molecular flexibility index (Phi) is 36.1. The molecule has 2 aliphatic carbocycles. The monoisotopic (exact) mass is 686 g/mol. The number of nitrogens with one attached hydrogen (secondary N) is 1. The van der Waals surface area contributed by atoms with Crippen LogP contribution in [0.3, 0.4) is 0 Å². The number of aliphatic imine (C=N–C) groups is 1. The first kappa shape index (κ1) is 50.9. The largest absolute Gasteiger partial charge is 0.356 e. The summed E-state index contributed by atoms with van der Waals surface area (Å²) in [6, 6.07) is 14.7. The van der Waals surface area contributed by atoms with Crippen molar-refractivity contribution in [1.82, 2.24) is 0 Å². The highest BCUT2D eigenvalue weighted by molar-refractivity contribution is 5.72. The zero-order chi connectivity index (χ0) is 38.7. The quantitative estimate of drug-likeness (QED) is 0.245. The number of allylic oxidation sites excluding steroid dienone is 7. The number of anilines is 1. The first-order valence-electron chi connectivity index (χ1n) is 19.2. The van der Waals surface area contributed by atoms with E-state index in [9.17, 15) is 0 Å². The van der Waals surface area contributed by atoms with Crippen LogP contribution >= 0.6 is 0 Å².